The summed E-state index contributed by atoms with van der Waals surface area (Å²) < 4.78 is 7.48. The van der Waals surface area contributed by atoms with Crippen LogP contribution in [-0.4, -0.2) is 28.3 Å². The zero-order valence-corrected chi connectivity index (χ0v) is 12.0. The molecule has 2 heterocycles. The molecule has 1 amide bonds. The van der Waals surface area contributed by atoms with E-state index in [1.54, 1.807) is 6.20 Å². The first kappa shape index (κ1) is 13.7. The van der Waals surface area contributed by atoms with E-state index < -0.39 is 0 Å². The molecule has 3 rings (SSSR count). The minimum absolute atomic E-state index is 0.0366. The molecule has 2 unspecified atom stereocenters. The van der Waals surface area contributed by atoms with E-state index in [1.165, 1.54) is 0 Å². The van der Waals surface area contributed by atoms with Crippen molar-refractivity contribution in [3.8, 4) is 5.75 Å². The lowest BCUT2D eigenvalue weighted by Gasteiger charge is -2.25. The van der Waals surface area contributed by atoms with Gasteiger partial charge in [0.25, 0.3) is 0 Å². The van der Waals surface area contributed by atoms with Crippen molar-refractivity contribution in [2.24, 2.45) is 5.92 Å². The molecule has 21 heavy (non-hydrogen) atoms. The molecule has 0 radical (unpaired) electrons. The van der Waals surface area contributed by atoms with Gasteiger partial charge in [-0.3, -0.25) is 9.48 Å². The van der Waals surface area contributed by atoms with Gasteiger partial charge in [-0.2, -0.15) is 5.10 Å². The molecule has 0 spiro atoms. The molecule has 2 aromatic rings. The normalized spacial score (nSPS) is 18.4. The Morgan fingerprint density at radius 3 is 3.14 bits per heavy atom. The molecule has 1 aliphatic heterocycles. The van der Waals surface area contributed by atoms with E-state index in [9.17, 15) is 4.79 Å². The third kappa shape index (κ3) is 3.24. The van der Waals surface area contributed by atoms with Crippen LogP contribution in [0.3, 0.4) is 0 Å². The summed E-state index contributed by atoms with van der Waals surface area (Å²) >= 11 is 0. The number of para-hydroxylation sites is 1. The van der Waals surface area contributed by atoms with Gasteiger partial charge in [0.2, 0.25) is 5.91 Å². The second-order valence-corrected chi connectivity index (χ2v) is 5.46. The maximum Gasteiger partial charge on any atom is 0.227 e. The van der Waals surface area contributed by atoms with Crippen molar-refractivity contribution in [3.63, 3.8) is 0 Å². The van der Waals surface area contributed by atoms with Gasteiger partial charge in [-0.1, -0.05) is 18.2 Å². The van der Waals surface area contributed by atoms with Crippen molar-refractivity contribution in [2.75, 3.05) is 6.61 Å². The van der Waals surface area contributed by atoms with Gasteiger partial charge in [-0.25, -0.2) is 0 Å². The molecule has 110 valence electrons. The van der Waals surface area contributed by atoms with Gasteiger partial charge in [0.15, 0.2) is 0 Å². The monoisotopic (exact) mass is 285 g/mol. The molecule has 1 aliphatic rings. The highest BCUT2D eigenvalue weighted by Gasteiger charge is 2.26. The van der Waals surface area contributed by atoms with Crippen LogP contribution in [0.5, 0.6) is 5.75 Å². The number of benzene rings is 1. The Hall–Kier alpha value is -2.30. The first-order valence-corrected chi connectivity index (χ1v) is 7.21. The Balaban J connectivity index is 1.56. The van der Waals surface area contributed by atoms with Gasteiger partial charge < -0.3 is 10.1 Å². The number of nitrogens with one attached hydrogen (secondary N) is 1. The molecule has 0 fully saturated rings. The lowest BCUT2D eigenvalue weighted by Crippen LogP contribution is -2.43. The minimum atomic E-state index is -0.125. The summed E-state index contributed by atoms with van der Waals surface area (Å²) in [5.74, 6) is 0.815. The molecular weight excluding hydrogens is 266 g/mol. The molecule has 1 aromatic carbocycles. The molecule has 1 N–H and O–H groups in total. The Kier molecular flexibility index (Phi) is 3.90. The van der Waals surface area contributed by atoms with Crippen LogP contribution in [0.1, 0.15) is 12.5 Å². The molecule has 5 heteroatoms. The van der Waals surface area contributed by atoms with Crippen molar-refractivity contribution < 1.29 is 9.53 Å². The Morgan fingerprint density at radius 2 is 2.33 bits per heavy atom. The smallest absolute Gasteiger partial charge is 0.227 e. The highest BCUT2D eigenvalue weighted by Crippen LogP contribution is 2.26. The maximum absolute atomic E-state index is 12.3. The molecule has 0 bridgehead atoms. The SMILES string of the molecule is CC(Cn1cccn1)NC(=O)C1COc2ccccc2C1. The number of ether oxygens (including phenoxy) is 1. The van der Waals surface area contributed by atoms with Gasteiger partial charge >= 0.3 is 0 Å². The van der Waals surface area contributed by atoms with Crippen LogP contribution >= 0.6 is 0 Å². The van der Waals surface area contributed by atoms with Crippen LogP contribution in [0.2, 0.25) is 0 Å². The van der Waals surface area contributed by atoms with E-state index in [0.717, 1.165) is 17.7 Å². The molecule has 5 nitrogen and oxygen atoms in total. The van der Waals surface area contributed by atoms with Gasteiger partial charge in [-0.15, -0.1) is 0 Å². The fourth-order valence-electron chi connectivity index (χ4n) is 2.59. The average molecular weight is 285 g/mol. The summed E-state index contributed by atoms with van der Waals surface area (Å²) in [5.41, 5.74) is 1.10. The highest BCUT2D eigenvalue weighted by atomic mass is 16.5. The summed E-state index contributed by atoms with van der Waals surface area (Å²) in [4.78, 5) is 12.3. The lowest BCUT2D eigenvalue weighted by molar-refractivity contribution is -0.127. The predicted octanol–water partition coefficient (Wildman–Crippen LogP) is 1.64. The van der Waals surface area contributed by atoms with E-state index >= 15 is 0 Å². The largest absolute Gasteiger partial charge is 0.492 e. The number of amides is 1. The van der Waals surface area contributed by atoms with Crippen molar-refractivity contribution in [1.82, 2.24) is 15.1 Å². The highest BCUT2D eigenvalue weighted by molar-refractivity contribution is 5.79. The molecule has 0 saturated carbocycles. The van der Waals surface area contributed by atoms with E-state index in [4.69, 9.17) is 4.74 Å². The van der Waals surface area contributed by atoms with Crippen LogP contribution in [0, 0.1) is 5.92 Å². The second-order valence-electron chi connectivity index (χ2n) is 5.46. The van der Waals surface area contributed by atoms with Gasteiger partial charge in [0.05, 0.1) is 12.5 Å². The summed E-state index contributed by atoms with van der Waals surface area (Å²) in [6.45, 7) is 3.09. The third-order valence-corrected chi connectivity index (χ3v) is 3.66. The van der Waals surface area contributed by atoms with Crippen LogP contribution in [-0.2, 0) is 17.8 Å². The number of carbonyl (C=O) groups excluding carboxylic acids is 1. The quantitative estimate of drug-likeness (QED) is 0.929. The number of nitrogens with zero attached hydrogens (tertiary/aromatic N) is 2. The molecule has 0 saturated heterocycles. The van der Waals surface area contributed by atoms with Gasteiger partial charge in [-0.05, 0) is 31.0 Å². The fourth-order valence-corrected chi connectivity index (χ4v) is 2.59. The minimum Gasteiger partial charge on any atom is -0.492 e. The van der Waals surface area contributed by atoms with Crippen LogP contribution in [0.25, 0.3) is 0 Å². The van der Waals surface area contributed by atoms with E-state index in [1.807, 2.05) is 48.1 Å². The topological polar surface area (TPSA) is 56.2 Å². The summed E-state index contributed by atoms with van der Waals surface area (Å²) in [6.07, 6.45) is 4.36. The van der Waals surface area contributed by atoms with Crippen molar-refractivity contribution in [1.29, 1.82) is 0 Å². The summed E-state index contributed by atoms with van der Waals surface area (Å²) in [7, 11) is 0. The lowest BCUT2D eigenvalue weighted by atomic mass is 9.96. The zero-order valence-electron chi connectivity index (χ0n) is 12.0. The Labute approximate surface area is 123 Å². The average Bonchev–Trinajstić information content (AvgIpc) is 2.99. The number of hydrogen-bond acceptors (Lipinski definition) is 3. The molecule has 2 atom stereocenters. The van der Waals surface area contributed by atoms with Crippen LogP contribution < -0.4 is 10.1 Å². The molecular formula is C16H19N3O2. The number of fused-ring (bicyclic) bond motifs is 1. The van der Waals surface area contributed by atoms with Crippen LogP contribution in [0.4, 0.5) is 0 Å². The Bertz CT molecular complexity index is 610. The number of aromatic nitrogens is 2. The van der Waals surface area contributed by atoms with E-state index in [2.05, 4.69) is 10.4 Å². The summed E-state index contributed by atoms with van der Waals surface area (Å²) in [6, 6.07) is 9.80. The zero-order chi connectivity index (χ0) is 14.7. The number of rotatable bonds is 4. The first-order chi connectivity index (χ1) is 10.2. The second kappa shape index (κ2) is 5.99. The van der Waals surface area contributed by atoms with E-state index in [0.29, 0.717) is 13.2 Å². The maximum atomic E-state index is 12.3. The van der Waals surface area contributed by atoms with Crippen molar-refractivity contribution in [2.45, 2.75) is 25.9 Å². The number of carbonyl (C=O) groups is 1. The molecule has 0 aliphatic carbocycles. The van der Waals surface area contributed by atoms with Crippen molar-refractivity contribution in [3.05, 3.63) is 48.3 Å². The van der Waals surface area contributed by atoms with E-state index in [-0.39, 0.29) is 17.9 Å². The standard InChI is InChI=1S/C16H19N3O2/c1-12(10-19-8-4-7-17-19)18-16(20)14-9-13-5-2-3-6-15(13)21-11-14/h2-8,12,14H,9-11H2,1H3,(H,18,20). The molecule has 1 aromatic heterocycles. The van der Waals surface area contributed by atoms with Gasteiger partial charge in [0, 0.05) is 18.4 Å². The first-order valence-electron chi connectivity index (χ1n) is 7.21. The number of hydrogen-bond donors (Lipinski definition) is 1. The van der Waals surface area contributed by atoms with Gasteiger partial charge in [0.1, 0.15) is 12.4 Å². The fraction of sp³-hybridized carbons (Fsp3) is 0.375. The third-order valence-electron chi connectivity index (χ3n) is 3.66. The van der Waals surface area contributed by atoms with Crippen LogP contribution in [0.15, 0.2) is 42.7 Å². The predicted molar refractivity (Wildman–Crippen MR) is 79.0 cm³/mol. The Morgan fingerprint density at radius 1 is 1.48 bits per heavy atom. The van der Waals surface area contributed by atoms with Crippen molar-refractivity contribution >= 4 is 5.91 Å². The summed E-state index contributed by atoms with van der Waals surface area (Å²) in [5, 5.41) is 7.19.